The van der Waals surface area contributed by atoms with Crippen molar-refractivity contribution in [3.63, 3.8) is 0 Å². The standard InChI is InChI=1S/C19H32N2O3/c1-13(18(2,3)4)12-20-14-9-10-15(16(11-14)23-8)21-17(22)24-19(5,6)7/h9-11,13,20H,12H2,1-8H3,(H,21,22). The molecule has 0 aliphatic heterocycles. The first-order valence-electron chi connectivity index (χ1n) is 8.34. The number of nitrogens with one attached hydrogen (secondary N) is 2. The number of hydrogen-bond acceptors (Lipinski definition) is 4. The molecule has 1 amide bonds. The summed E-state index contributed by atoms with van der Waals surface area (Å²) in [6.07, 6.45) is -0.497. The van der Waals surface area contributed by atoms with Gasteiger partial charge >= 0.3 is 6.09 Å². The summed E-state index contributed by atoms with van der Waals surface area (Å²) in [6.45, 7) is 15.3. The van der Waals surface area contributed by atoms with Crippen molar-refractivity contribution in [2.75, 3.05) is 24.3 Å². The number of amides is 1. The minimum atomic E-state index is -0.540. The molecule has 0 saturated carbocycles. The molecule has 1 unspecified atom stereocenters. The van der Waals surface area contributed by atoms with Crippen LogP contribution in [0.1, 0.15) is 48.5 Å². The van der Waals surface area contributed by atoms with Crippen molar-refractivity contribution >= 4 is 17.5 Å². The molecule has 0 aliphatic carbocycles. The van der Waals surface area contributed by atoms with Gasteiger partial charge in [0.25, 0.3) is 0 Å². The fraction of sp³-hybridized carbons (Fsp3) is 0.632. The zero-order valence-corrected chi connectivity index (χ0v) is 16.2. The van der Waals surface area contributed by atoms with E-state index < -0.39 is 11.7 Å². The van der Waals surface area contributed by atoms with Crippen molar-refractivity contribution in [3.8, 4) is 5.75 Å². The summed E-state index contributed by atoms with van der Waals surface area (Å²) < 4.78 is 10.6. The van der Waals surface area contributed by atoms with Gasteiger partial charge in [-0.2, -0.15) is 0 Å². The van der Waals surface area contributed by atoms with Crippen LogP contribution >= 0.6 is 0 Å². The number of anilines is 2. The monoisotopic (exact) mass is 336 g/mol. The number of rotatable bonds is 5. The molecule has 0 aromatic heterocycles. The van der Waals surface area contributed by atoms with Crippen LogP contribution in [0.4, 0.5) is 16.2 Å². The molecule has 0 fully saturated rings. The summed E-state index contributed by atoms with van der Waals surface area (Å²) >= 11 is 0. The molecule has 0 aliphatic rings. The number of carbonyl (C=O) groups excluding carboxylic acids is 1. The molecular formula is C19H32N2O3. The molecule has 5 heteroatoms. The molecule has 24 heavy (non-hydrogen) atoms. The Morgan fingerprint density at radius 2 is 1.79 bits per heavy atom. The zero-order valence-electron chi connectivity index (χ0n) is 16.2. The molecule has 1 aromatic carbocycles. The SMILES string of the molecule is COc1cc(NCC(C)C(C)(C)C)ccc1NC(=O)OC(C)(C)C. The van der Waals surface area contributed by atoms with E-state index in [0.29, 0.717) is 17.4 Å². The molecule has 0 heterocycles. The molecule has 0 radical (unpaired) electrons. The summed E-state index contributed by atoms with van der Waals surface area (Å²) in [4.78, 5) is 11.9. The van der Waals surface area contributed by atoms with Gasteiger partial charge in [-0.25, -0.2) is 4.79 Å². The summed E-state index contributed by atoms with van der Waals surface area (Å²) in [5.74, 6) is 1.11. The molecule has 0 spiro atoms. The lowest BCUT2D eigenvalue weighted by atomic mass is 9.82. The Bertz CT molecular complexity index is 557. The van der Waals surface area contributed by atoms with Gasteiger partial charge in [-0.1, -0.05) is 27.7 Å². The van der Waals surface area contributed by atoms with Crippen LogP contribution in [-0.4, -0.2) is 25.3 Å². The maximum absolute atomic E-state index is 11.9. The lowest BCUT2D eigenvalue weighted by molar-refractivity contribution is 0.0635. The second-order valence-electron chi connectivity index (χ2n) is 8.19. The molecule has 1 rings (SSSR count). The second kappa shape index (κ2) is 7.77. The van der Waals surface area contributed by atoms with Crippen molar-refractivity contribution in [3.05, 3.63) is 18.2 Å². The Balaban J connectivity index is 2.76. The Morgan fingerprint density at radius 1 is 1.17 bits per heavy atom. The van der Waals surface area contributed by atoms with Gasteiger partial charge in [0.1, 0.15) is 11.4 Å². The van der Waals surface area contributed by atoms with Crippen molar-refractivity contribution in [1.82, 2.24) is 0 Å². The van der Waals surface area contributed by atoms with Gasteiger partial charge in [-0.05, 0) is 44.2 Å². The van der Waals surface area contributed by atoms with Crippen LogP contribution in [0.5, 0.6) is 5.75 Å². The van der Waals surface area contributed by atoms with E-state index in [4.69, 9.17) is 9.47 Å². The minimum absolute atomic E-state index is 0.245. The largest absolute Gasteiger partial charge is 0.494 e. The van der Waals surface area contributed by atoms with Gasteiger partial charge in [0.05, 0.1) is 12.8 Å². The average Bonchev–Trinajstić information content (AvgIpc) is 2.42. The highest BCUT2D eigenvalue weighted by Crippen LogP contribution is 2.30. The first-order chi connectivity index (χ1) is 10.9. The second-order valence-corrected chi connectivity index (χ2v) is 8.19. The lowest BCUT2D eigenvalue weighted by Gasteiger charge is -2.27. The fourth-order valence-electron chi connectivity index (χ4n) is 1.90. The van der Waals surface area contributed by atoms with Gasteiger partial charge in [0.15, 0.2) is 0 Å². The smallest absolute Gasteiger partial charge is 0.412 e. The van der Waals surface area contributed by atoms with E-state index in [1.54, 1.807) is 7.11 Å². The van der Waals surface area contributed by atoms with E-state index >= 15 is 0 Å². The van der Waals surface area contributed by atoms with E-state index in [-0.39, 0.29) is 5.41 Å². The van der Waals surface area contributed by atoms with Gasteiger partial charge in [-0.3, -0.25) is 5.32 Å². The maximum Gasteiger partial charge on any atom is 0.412 e. The van der Waals surface area contributed by atoms with Crippen molar-refractivity contribution in [2.45, 2.75) is 54.1 Å². The van der Waals surface area contributed by atoms with Crippen LogP contribution in [0.3, 0.4) is 0 Å². The van der Waals surface area contributed by atoms with Crippen LogP contribution in [0.2, 0.25) is 0 Å². The highest BCUT2D eigenvalue weighted by Gasteiger charge is 2.20. The molecular weight excluding hydrogens is 304 g/mol. The molecule has 0 saturated heterocycles. The summed E-state index contributed by atoms with van der Waals surface area (Å²) in [6, 6.07) is 5.61. The van der Waals surface area contributed by atoms with Gasteiger partial charge in [0, 0.05) is 18.3 Å². The first kappa shape index (κ1) is 20.1. The Hall–Kier alpha value is -1.91. The predicted molar refractivity (Wildman–Crippen MR) is 100.0 cm³/mol. The van der Waals surface area contributed by atoms with Crippen LogP contribution < -0.4 is 15.4 Å². The van der Waals surface area contributed by atoms with Crippen molar-refractivity contribution in [1.29, 1.82) is 0 Å². The molecule has 1 atom stereocenters. The zero-order chi connectivity index (χ0) is 18.5. The summed E-state index contributed by atoms with van der Waals surface area (Å²) in [5.41, 5.74) is 1.25. The quantitative estimate of drug-likeness (QED) is 0.782. The van der Waals surface area contributed by atoms with E-state index in [2.05, 4.69) is 38.3 Å². The Kier molecular flexibility index (Phi) is 6.52. The Labute approximate surface area is 146 Å². The number of methoxy groups -OCH3 is 1. The summed E-state index contributed by atoms with van der Waals surface area (Å²) in [7, 11) is 1.58. The molecule has 5 nitrogen and oxygen atoms in total. The van der Waals surface area contributed by atoms with Crippen LogP contribution in [-0.2, 0) is 4.74 Å². The predicted octanol–water partition coefficient (Wildman–Crippen LogP) is 5.14. The van der Waals surface area contributed by atoms with Gasteiger partial charge in [-0.15, -0.1) is 0 Å². The average molecular weight is 336 g/mol. The van der Waals surface area contributed by atoms with E-state index in [0.717, 1.165) is 12.2 Å². The van der Waals surface area contributed by atoms with Gasteiger partial charge < -0.3 is 14.8 Å². The van der Waals surface area contributed by atoms with E-state index in [9.17, 15) is 4.79 Å². The van der Waals surface area contributed by atoms with Crippen molar-refractivity contribution < 1.29 is 14.3 Å². The third kappa shape index (κ3) is 6.69. The molecule has 1 aromatic rings. The van der Waals surface area contributed by atoms with Crippen molar-refractivity contribution in [2.24, 2.45) is 11.3 Å². The van der Waals surface area contributed by atoms with Gasteiger partial charge in [0.2, 0.25) is 0 Å². The third-order valence-electron chi connectivity index (χ3n) is 3.93. The van der Waals surface area contributed by atoms with Crippen LogP contribution in [0.15, 0.2) is 18.2 Å². The first-order valence-corrected chi connectivity index (χ1v) is 8.34. The highest BCUT2D eigenvalue weighted by atomic mass is 16.6. The van der Waals surface area contributed by atoms with Crippen LogP contribution in [0, 0.1) is 11.3 Å². The van der Waals surface area contributed by atoms with E-state index in [1.807, 2.05) is 39.0 Å². The normalized spacial score (nSPS) is 13.2. The number of benzene rings is 1. The molecule has 2 N–H and O–H groups in total. The molecule has 136 valence electrons. The molecule has 0 bridgehead atoms. The summed E-state index contributed by atoms with van der Waals surface area (Å²) in [5, 5.41) is 6.14. The van der Waals surface area contributed by atoms with Crippen LogP contribution in [0.25, 0.3) is 0 Å². The Morgan fingerprint density at radius 3 is 2.29 bits per heavy atom. The number of ether oxygens (including phenoxy) is 2. The topological polar surface area (TPSA) is 59.6 Å². The highest BCUT2D eigenvalue weighted by molar-refractivity contribution is 5.87. The maximum atomic E-state index is 11.9. The number of carbonyl (C=O) groups is 1. The minimum Gasteiger partial charge on any atom is -0.494 e. The lowest BCUT2D eigenvalue weighted by Crippen LogP contribution is -2.27. The van der Waals surface area contributed by atoms with E-state index in [1.165, 1.54) is 0 Å². The number of hydrogen-bond donors (Lipinski definition) is 2. The fourth-order valence-corrected chi connectivity index (χ4v) is 1.90. The third-order valence-corrected chi connectivity index (χ3v) is 3.93.